The van der Waals surface area contributed by atoms with E-state index < -0.39 is 0 Å². The van der Waals surface area contributed by atoms with Crippen molar-refractivity contribution in [2.24, 2.45) is 0 Å². The molecule has 0 unspecified atom stereocenters. The molecular weight excluding hydrogens is 276 g/mol. The predicted octanol–water partition coefficient (Wildman–Crippen LogP) is -0.643. The summed E-state index contributed by atoms with van der Waals surface area (Å²) in [5.74, 6) is 1.88. The number of rotatable bonds is 4. The average molecular weight is 286 g/mol. The van der Waals surface area contributed by atoms with Crippen molar-refractivity contribution in [3.8, 4) is 0 Å². The molecule has 0 aliphatic rings. The number of carbonyl (C=O) groups is 2. The maximum atomic E-state index is 10.8. The summed E-state index contributed by atoms with van der Waals surface area (Å²) in [6.45, 7) is 1.42. The Kier molecular flexibility index (Phi) is 5.88. The van der Waals surface area contributed by atoms with E-state index in [-0.39, 0.29) is 16.6 Å². The van der Waals surface area contributed by atoms with Gasteiger partial charge in [-0.2, -0.15) is 0 Å². The molecule has 0 spiro atoms. The third-order valence-electron chi connectivity index (χ3n) is 0.995. The summed E-state index contributed by atoms with van der Waals surface area (Å²) in [6.07, 6.45) is 0. The van der Waals surface area contributed by atoms with Crippen LogP contribution in [0.2, 0.25) is 11.1 Å². The molecule has 5 heteroatoms. The molecule has 0 aromatic rings. The van der Waals surface area contributed by atoms with Crippen LogP contribution in [0.1, 0.15) is 6.92 Å². The van der Waals surface area contributed by atoms with Crippen LogP contribution in [-0.4, -0.2) is 47.6 Å². The molecule has 0 saturated carbocycles. The quantitative estimate of drug-likeness (QED) is 0.699. The fraction of sp³-hybridized carbons (Fsp3) is 0.667. The van der Waals surface area contributed by atoms with Gasteiger partial charge >= 0.3 is 80.6 Å². The Hall–Kier alpha value is 0.179. The molecule has 3 nitrogen and oxygen atoms in total. The summed E-state index contributed by atoms with van der Waals surface area (Å²) >= 11 is 2.80. The molecule has 0 heterocycles. The van der Waals surface area contributed by atoms with Gasteiger partial charge in [0.15, 0.2) is 0 Å². The predicted molar refractivity (Wildman–Crippen MR) is 44.8 cm³/mol. The Morgan fingerprint density at radius 1 is 1.64 bits per heavy atom. The molecule has 63 valence electrons. The van der Waals surface area contributed by atoms with Crippen LogP contribution >= 0.6 is 0 Å². The third kappa shape index (κ3) is 5.45. The van der Waals surface area contributed by atoms with E-state index in [0.29, 0.717) is 15.0 Å². The minimum atomic E-state index is -0.308. The Bertz CT molecular complexity index is 161. The molecule has 0 aliphatic carbocycles. The fourth-order valence-electron chi connectivity index (χ4n) is 0.581. The molecule has 1 amide bonds. The van der Waals surface area contributed by atoms with Crippen molar-refractivity contribution in [3.63, 3.8) is 0 Å². The number of carbonyl (C=O) groups excluding carboxylic acids is 2. The summed E-state index contributed by atoms with van der Waals surface area (Å²) in [5, 5.41) is 3.34. The topological polar surface area (TPSA) is 46.2 Å². The summed E-state index contributed by atoms with van der Waals surface area (Å²) in [5.41, 5.74) is 0. The molecule has 0 fully saturated rings. The van der Waals surface area contributed by atoms with Gasteiger partial charge in [-0.3, -0.25) is 0 Å². The maximum absolute atomic E-state index is 10.8. The molecule has 0 aliphatic heterocycles. The van der Waals surface area contributed by atoms with Crippen LogP contribution in [0.5, 0.6) is 0 Å². The first-order valence-corrected chi connectivity index (χ1v) is 6.83. The zero-order valence-corrected chi connectivity index (χ0v) is 9.84. The van der Waals surface area contributed by atoms with Crippen molar-refractivity contribution < 1.29 is 9.59 Å². The molecule has 1 N–H and O–H groups in total. The van der Waals surface area contributed by atoms with Crippen LogP contribution in [0.15, 0.2) is 0 Å². The minimum absolute atomic E-state index is 0.0797. The van der Waals surface area contributed by atoms with Crippen molar-refractivity contribution in [1.29, 1.82) is 0 Å². The Labute approximate surface area is 80.7 Å². The van der Waals surface area contributed by atoms with Gasteiger partial charge in [-0.25, -0.2) is 0 Å². The first-order chi connectivity index (χ1) is 5.07. The van der Waals surface area contributed by atoms with Gasteiger partial charge in [0, 0.05) is 0 Å². The van der Waals surface area contributed by atoms with E-state index in [1.807, 2.05) is 5.82 Å². The molecule has 11 heavy (non-hydrogen) atoms. The average Bonchev–Trinajstić information content (AvgIpc) is 1.86. The Morgan fingerprint density at radius 2 is 2.18 bits per heavy atom. The normalized spacial score (nSPS) is 12.2. The Balaban J connectivity index is 3.89. The fourth-order valence-corrected chi connectivity index (χ4v) is 2.61. The van der Waals surface area contributed by atoms with Gasteiger partial charge in [-0.15, -0.1) is 0 Å². The zero-order chi connectivity index (χ0) is 8.85. The van der Waals surface area contributed by atoms with E-state index in [4.69, 9.17) is 0 Å². The molecule has 1 radical (unpaired) electrons. The van der Waals surface area contributed by atoms with Crippen molar-refractivity contribution in [3.05, 3.63) is 0 Å². The summed E-state index contributed by atoms with van der Waals surface area (Å²) < 4.78 is -0.0797. The molecule has 0 bridgehead atoms. The molecule has 1 atom stereocenters. The van der Waals surface area contributed by atoms with Crippen LogP contribution < -0.4 is 5.32 Å². The zero-order valence-electron chi connectivity index (χ0n) is 6.42. The van der Waals surface area contributed by atoms with E-state index in [1.54, 1.807) is 0 Å². The second-order valence-corrected chi connectivity index (χ2v) is 4.78. The van der Waals surface area contributed by atoms with Crippen LogP contribution in [0.25, 0.3) is 0 Å². The van der Waals surface area contributed by atoms with Crippen molar-refractivity contribution >= 4 is 41.6 Å². The van der Waals surface area contributed by atoms with Crippen LogP contribution in [0.3, 0.4) is 0 Å². The van der Waals surface area contributed by atoms with E-state index >= 15 is 0 Å². The SMILES string of the molecule is C[Se]C[C@H](NC(C)=O)C(=O)[Se]. The van der Waals surface area contributed by atoms with E-state index in [9.17, 15) is 9.59 Å². The van der Waals surface area contributed by atoms with Gasteiger partial charge < -0.3 is 0 Å². The van der Waals surface area contributed by atoms with E-state index in [2.05, 4.69) is 21.3 Å². The van der Waals surface area contributed by atoms with Crippen LogP contribution in [-0.2, 0) is 9.59 Å². The van der Waals surface area contributed by atoms with Crippen molar-refractivity contribution in [2.45, 2.75) is 24.1 Å². The van der Waals surface area contributed by atoms with Gasteiger partial charge in [0.1, 0.15) is 0 Å². The molecule has 0 saturated heterocycles. The Morgan fingerprint density at radius 3 is 2.45 bits per heavy atom. The summed E-state index contributed by atoms with van der Waals surface area (Å²) in [4.78, 5) is 21.4. The number of hydrogen-bond donors (Lipinski definition) is 1. The molecule has 0 rings (SSSR count). The van der Waals surface area contributed by atoms with Crippen LogP contribution in [0.4, 0.5) is 0 Å². The van der Waals surface area contributed by atoms with E-state index in [1.165, 1.54) is 6.92 Å². The van der Waals surface area contributed by atoms with Crippen molar-refractivity contribution in [1.82, 2.24) is 5.32 Å². The second-order valence-electron chi connectivity index (χ2n) is 2.03. The van der Waals surface area contributed by atoms with Gasteiger partial charge in [-0.05, 0) is 0 Å². The number of nitrogens with one attached hydrogen (secondary N) is 1. The van der Waals surface area contributed by atoms with Gasteiger partial charge in [0.2, 0.25) is 0 Å². The van der Waals surface area contributed by atoms with Crippen LogP contribution in [0, 0.1) is 0 Å². The van der Waals surface area contributed by atoms with Crippen molar-refractivity contribution in [2.75, 3.05) is 0 Å². The summed E-state index contributed by atoms with van der Waals surface area (Å²) in [6, 6.07) is -0.308. The molecule has 0 aromatic heterocycles. The van der Waals surface area contributed by atoms with E-state index in [0.717, 1.165) is 5.32 Å². The first-order valence-electron chi connectivity index (χ1n) is 3.04. The summed E-state index contributed by atoms with van der Waals surface area (Å²) in [7, 11) is 0. The number of hydrogen-bond acceptors (Lipinski definition) is 2. The second kappa shape index (κ2) is 5.78. The number of amides is 1. The standard InChI is InChI=1S/C6H10NO2Se2/c1-4(8)7-5(3-11-2)6(9)10/h5H,3H2,1-2H3,(H,7,8)/t5-/m0/s1. The first kappa shape index (κ1) is 11.2. The van der Waals surface area contributed by atoms with Gasteiger partial charge in [0.05, 0.1) is 0 Å². The molecule has 0 aromatic carbocycles. The third-order valence-corrected chi connectivity index (χ3v) is 2.99. The van der Waals surface area contributed by atoms with Gasteiger partial charge in [0.25, 0.3) is 0 Å². The monoisotopic (exact) mass is 288 g/mol. The van der Waals surface area contributed by atoms with Gasteiger partial charge in [-0.1, -0.05) is 0 Å². The molecular formula is C6H10NO2Se2.